The van der Waals surface area contributed by atoms with Crippen LogP contribution in [0.1, 0.15) is 42.1 Å². The summed E-state index contributed by atoms with van der Waals surface area (Å²) in [5.41, 5.74) is 1.90. The fraction of sp³-hybridized carbons (Fsp3) is 0.278. The second kappa shape index (κ2) is 6.93. The van der Waals surface area contributed by atoms with Crippen LogP contribution >= 0.6 is 0 Å². The van der Waals surface area contributed by atoms with Gasteiger partial charge in [0.05, 0.1) is 0 Å². The van der Waals surface area contributed by atoms with E-state index in [2.05, 4.69) is 13.8 Å². The lowest BCUT2D eigenvalue weighted by molar-refractivity contribution is 0.0921. The molecule has 0 aliphatic rings. The highest BCUT2D eigenvalue weighted by atomic mass is 16.5. The van der Waals surface area contributed by atoms with Crippen LogP contribution < -0.4 is 4.74 Å². The summed E-state index contributed by atoms with van der Waals surface area (Å²) in [5, 5.41) is 9.18. The molecule has 0 aromatic heterocycles. The third-order valence-corrected chi connectivity index (χ3v) is 3.62. The van der Waals surface area contributed by atoms with E-state index in [1.54, 1.807) is 12.1 Å². The Morgan fingerprint density at radius 2 is 1.71 bits per heavy atom. The van der Waals surface area contributed by atoms with Gasteiger partial charge in [0.1, 0.15) is 11.5 Å². The van der Waals surface area contributed by atoms with Crippen LogP contribution in [-0.2, 0) is 0 Å². The van der Waals surface area contributed by atoms with Crippen LogP contribution in [0.5, 0.6) is 11.5 Å². The van der Waals surface area contributed by atoms with Gasteiger partial charge in [0.25, 0.3) is 0 Å². The molecule has 0 spiro atoms. The molecular formula is C18H20O3. The Kier molecular flexibility index (Phi) is 4.99. The van der Waals surface area contributed by atoms with E-state index in [0.717, 1.165) is 6.42 Å². The van der Waals surface area contributed by atoms with E-state index in [0.29, 0.717) is 17.2 Å². The van der Waals surface area contributed by atoms with Crippen molar-refractivity contribution in [2.75, 3.05) is 6.61 Å². The minimum absolute atomic E-state index is 0.00649. The number of Topliss-reactive ketones (excluding diaryl/α,β-unsaturated/α-hetero) is 1. The molecule has 0 radical (unpaired) electrons. The fourth-order valence-corrected chi connectivity index (χ4v) is 2.01. The zero-order valence-electron chi connectivity index (χ0n) is 12.4. The fourth-order valence-electron chi connectivity index (χ4n) is 2.01. The topological polar surface area (TPSA) is 46.5 Å². The number of phenols is 1. The molecule has 0 saturated carbocycles. The van der Waals surface area contributed by atoms with E-state index in [4.69, 9.17) is 4.74 Å². The SMILES string of the molecule is CCC(C)c1ccc(C(=O)COc2ccc(O)cc2)cc1. The van der Waals surface area contributed by atoms with E-state index >= 15 is 0 Å². The highest BCUT2D eigenvalue weighted by Gasteiger charge is 2.08. The van der Waals surface area contributed by atoms with Gasteiger partial charge in [0, 0.05) is 5.56 Å². The summed E-state index contributed by atoms with van der Waals surface area (Å²) in [4.78, 5) is 12.1. The molecule has 2 rings (SSSR count). The molecule has 1 N–H and O–H groups in total. The van der Waals surface area contributed by atoms with Crippen LogP contribution in [0.15, 0.2) is 48.5 Å². The Morgan fingerprint density at radius 3 is 2.29 bits per heavy atom. The molecule has 3 heteroatoms. The summed E-state index contributed by atoms with van der Waals surface area (Å²) in [5.74, 6) is 1.19. The molecule has 0 saturated heterocycles. The van der Waals surface area contributed by atoms with Crippen molar-refractivity contribution in [1.29, 1.82) is 0 Å². The summed E-state index contributed by atoms with van der Waals surface area (Å²) < 4.78 is 5.42. The molecule has 1 unspecified atom stereocenters. The van der Waals surface area contributed by atoms with Crippen molar-refractivity contribution in [3.63, 3.8) is 0 Å². The van der Waals surface area contributed by atoms with Crippen molar-refractivity contribution < 1.29 is 14.6 Å². The molecule has 1 atom stereocenters. The normalized spacial score (nSPS) is 11.9. The van der Waals surface area contributed by atoms with Crippen molar-refractivity contribution >= 4 is 5.78 Å². The van der Waals surface area contributed by atoms with Crippen LogP contribution in [-0.4, -0.2) is 17.5 Å². The molecule has 0 aliphatic carbocycles. The van der Waals surface area contributed by atoms with E-state index in [9.17, 15) is 9.90 Å². The maximum absolute atomic E-state index is 12.1. The second-order valence-electron chi connectivity index (χ2n) is 5.14. The Hall–Kier alpha value is -2.29. The first-order valence-electron chi connectivity index (χ1n) is 7.15. The van der Waals surface area contributed by atoms with Crippen molar-refractivity contribution in [2.24, 2.45) is 0 Å². The Bertz CT molecular complexity index is 585. The number of aromatic hydroxyl groups is 1. The number of benzene rings is 2. The first-order chi connectivity index (χ1) is 10.1. The van der Waals surface area contributed by atoms with Gasteiger partial charge in [0.2, 0.25) is 0 Å². The summed E-state index contributed by atoms with van der Waals surface area (Å²) in [6.45, 7) is 4.31. The average Bonchev–Trinajstić information content (AvgIpc) is 2.53. The Labute approximate surface area is 125 Å². The number of hydrogen-bond donors (Lipinski definition) is 1. The van der Waals surface area contributed by atoms with Gasteiger partial charge in [-0.3, -0.25) is 4.79 Å². The number of phenolic OH excluding ortho intramolecular Hbond substituents is 1. The van der Waals surface area contributed by atoms with E-state index in [1.165, 1.54) is 17.7 Å². The highest BCUT2D eigenvalue weighted by Crippen LogP contribution is 2.19. The van der Waals surface area contributed by atoms with Gasteiger partial charge >= 0.3 is 0 Å². The molecule has 2 aromatic carbocycles. The van der Waals surface area contributed by atoms with Crippen LogP contribution in [0.4, 0.5) is 0 Å². The van der Waals surface area contributed by atoms with Crippen LogP contribution in [0.2, 0.25) is 0 Å². The van der Waals surface area contributed by atoms with Crippen LogP contribution in [0.25, 0.3) is 0 Å². The summed E-state index contributed by atoms with van der Waals surface area (Å²) >= 11 is 0. The zero-order valence-corrected chi connectivity index (χ0v) is 12.4. The van der Waals surface area contributed by atoms with E-state index in [-0.39, 0.29) is 18.1 Å². The van der Waals surface area contributed by atoms with Gasteiger partial charge in [-0.2, -0.15) is 0 Å². The molecule has 0 amide bonds. The zero-order chi connectivity index (χ0) is 15.2. The molecule has 110 valence electrons. The third kappa shape index (κ3) is 4.09. The molecule has 2 aromatic rings. The Balaban J connectivity index is 1.95. The highest BCUT2D eigenvalue weighted by molar-refractivity contribution is 5.97. The largest absolute Gasteiger partial charge is 0.508 e. The van der Waals surface area contributed by atoms with Gasteiger partial charge in [-0.05, 0) is 42.2 Å². The van der Waals surface area contributed by atoms with Gasteiger partial charge in [-0.1, -0.05) is 38.1 Å². The van der Waals surface area contributed by atoms with Gasteiger partial charge < -0.3 is 9.84 Å². The third-order valence-electron chi connectivity index (χ3n) is 3.62. The minimum Gasteiger partial charge on any atom is -0.508 e. The number of carbonyl (C=O) groups is 1. The molecule has 3 nitrogen and oxygen atoms in total. The monoisotopic (exact) mass is 284 g/mol. The van der Waals surface area contributed by atoms with Crippen molar-refractivity contribution in [1.82, 2.24) is 0 Å². The number of carbonyl (C=O) groups excluding carboxylic acids is 1. The first kappa shape index (κ1) is 15.1. The van der Waals surface area contributed by atoms with Crippen molar-refractivity contribution in [3.05, 3.63) is 59.7 Å². The number of ketones is 1. The quantitative estimate of drug-likeness (QED) is 0.810. The maximum atomic E-state index is 12.1. The van der Waals surface area contributed by atoms with E-state index in [1.807, 2.05) is 24.3 Å². The minimum atomic E-state index is -0.0567. The van der Waals surface area contributed by atoms with Gasteiger partial charge in [-0.15, -0.1) is 0 Å². The molecule has 21 heavy (non-hydrogen) atoms. The Morgan fingerprint density at radius 1 is 1.10 bits per heavy atom. The number of rotatable bonds is 6. The van der Waals surface area contributed by atoms with Crippen LogP contribution in [0, 0.1) is 0 Å². The lowest BCUT2D eigenvalue weighted by Gasteiger charge is -2.10. The lowest BCUT2D eigenvalue weighted by atomic mass is 9.97. The second-order valence-corrected chi connectivity index (χ2v) is 5.14. The van der Waals surface area contributed by atoms with Crippen molar-refractivity contribution in [3.8, 4) is 11.5 Å². The predicted octanol–water partition coefficient (Wildman–Crippen LogP) is 4.17. The van der Waals surface area contributed by atoms with Crippen LogP contribution in [0.3, 0.4) is 0 Å². The molecule has 0 bridgehead atoms. The average molecular weight is 284 g/mol. The molecular weight excluding hydrogens is 264 g/mol. The lowest BCUT2D eigenvalue weighted by Crippen LogP contribution is -2.11. The number of hydrogen-bond acceptors (Lipinski definition) is 3. The smallest absolute Gasteiger partial charge is 0.200 e. The first-order valence-corrected chi connectivity index (χ1v) is 7.15. The summed E-state index contributed by atoms with van der Waals surface area (Å²) in [7, 11) is 0. The van der Waals surface area contributed by atoms with Gasteiger partial charge in [0.15, 0.2) is 12.4 Å². The number of ether oxygens (including phenoxy) is 1. The standard InChI is InChI=1S/C18H20O3/c1-3-13(2)14-4-6-15(7-5-14)18(20)12-21-17-10-8-16(19)9-11-17/h4-11,13,19H,3,12H2,1-2H3. The van der Waals surface area contributed by atoms with Crippen molar-refractivity contribution in [2.45, 2.75) is 26.2 Å². The summed E-state index contributed by atoms with van der Waals surface area (Å²) in [6.07, 6.45) is 1.08. The van der Waals surface area contributed by atoms with Gasteiger partial charge in [-0.25, -0.2) is 0 Å². The molecule has 0 aliphatic heterocycles. The predicted molar refractivity (Wildman–Crippen MR) is 83.1 cm³/mol. The molecule has 0 heterocycles. The summed E-state index contributed by atoms with van der Waals surface area (Å²) in [6, 6.07) is 14.0. The van der Waals surface area contributed by atoms with E-state index < -0.39 is 0 Å². The maximum Gasteiger partial charge on any atom is 0.200 e. The molecule has 0 fully saturated rings.